The molecular formula is C3H16O8. The van der Waals surface area contributed by atoms with Crippen LogP contribution in [0.2, 0.25) is 0 Å². The zero-order valence-electron chi connectivity index (χ0n) is 5.97. The second kappa shape index (κ2) is 34.9. The lowest BCUT2D eigenvalue weighted by Gasteiger charge is -1.83. The maximum absolute atomic E-state index is 9.71. The molecule has 0 bridgehead atoms. The minimum Gasteiger partial charge on any atom is -0.412 e. The van der Waals surface area contributed by atoms with Gasteiger partial charge >= 0.3 is 5.97 Å². The molecule has 0 aromatic rings. The summed E-state index contributed by atoms with van der Waals surface area (Å²) in [6.45, 7) is 1.60. The van der Waals surface area contributed by atoms with Gasteiger partial charge in [0.15, 0.2) is 0 Å². The summed E-state index contributed by atoms with van der Waals surface area (Å²) in [6, 6.07) is 0. The van der Waals surface area contributed by atoms with Gasteiger partial charge in [0.05, 0.1) is 0 Å². The highest BCUT2D eigenvalue weighted by molar-refractivity contribution is 5.67. The van der Waals surface area contributed by atoms with Crippen LogP contribution >= 0.6 is 0 Å². The van der Waals surface area contributed by atoms with Gasteiger partial charge in [0, 0.05) is 6.42 Å². The molecule has 0 aliphatic rings. The van der Waals surface area contributed by atoms with E-state index < -0.39 is 5.97 Å². The van der Waals surface area contributed by atoms with E-state index in [2.05, 4.69) is 4.89 Å². The van der Waals surface area contributed by atoms with Gasteiger partial charge in [0.1, 0.15) is 0 Å². The van der Waals surface area contributed by atoms with E-state index >= 15 is 0 Å². The Morgan fingerprint density at radius 3 is 1.45 bits per heavy atom. The summed E-state index contributed by atoms with van der Waals surface area (Å²) >= 11 is 0. The van der Waals surface area contributed by atoms with Gasteiger partial charge in [-0.3, -0.25) is 0 Å². The Morgan fingerprint density at radius 1 is 1.18 bits per heavy atom. The number of carbonyl (C=O) groups is 1. The van der Waals surface area contributed by atoms with Crippen LogP contribution in [0, 0.1) is 0 Å². The van der Waals surface area contributed by atoms with Crippen LogP contribution in [0.3, 0.4) is 0 Å². The molecule has 0 aromatic heterocycles. The van der Waals surface area contributed by atoms with E-state index in [-0.39, 0.29) is 33.8 Å². The van der Waals surface area contributed by atoms with Crippen molar-refractivity contribution in [2.75, 3.05) is 0 Å². The van der Waals surface area contributed by atoms with Gasteiger partial charge in [-0.1, -0.05) is 6.92 Å². The topological polar surface area (TPSA) is 204 Å². The Bertz CT molecular complexity index is 47.3. The van der Waals surface area contributed by atoms with Crippen LogP contribution in [0.1, 0.15) is 13.3 Å². The smallest absolute Gasteiger partial charge is 0.341 e. The first-order valence-corrected chi connectivity index (χ1v) is 1.65. The van der Waals surface area contributed by atoms with Crippen LogP contribution in [0.15, 0.2) is 0 Å². The molecule has 0 amide bonds. The van der Waals surface area contributed by atoms with Crippen LogP contribution in [0.5, 0.6) is 0 Å². The Balaban J connectivity index is -0.0000000125. The Morgan fingerprint density at radius 2 is 1.45 bits per heavy atom. The van der Waals surface area contributed by atoms with Crippen LogP contribution in [-0.2, 0) is 9.68 Å². The zero-order valence-corrected chi connectivity index (χ0v) is 5.97. The molecule has 0 aliphatic heterocycles. The van der Waals surface area contributed by atoms with Gasteiger partial charge in [-0.15, -0.1) is 0 Å². The highest BCUT2D eigenvalue weighted by Crippen LogP contribution is 1.75. The van der Waals surface area contributed by atoms with Crippen molar-refractivity contribution in [1.82, 2.24) is 0 Å². The fourth-order valence-corrected chi connectivity index (χ4v) is 0.0645. The van der Waals surface area contributed by atoms with E-state index in [0.29, 0.717) is 0 Å². The van der Waals surface area contributed by atoms with Crippen molar-refractivity contribution < 1.29 is 42.3 Å². The lowest BCUT2D eigenvalue weighted by molar-refractivity contribution is -0.233. The van der Waals surface area contributed by atoms with E-state index in [9.17, 15) is 4.79 Å². The molecule has 0 saturated carbocycles. The molecule has 11 N–H and O–H groups in total. The van der Waals surface area contributed by atoms with E-state index in [1.165, 1.54) is 0 Å². The minimum absolute atomic E-state index is 0. The van der Waals surface area contributed by atoms with Crippen LogP contribution in [0.4, 0.5) is 0 Å². The first-order valence-electron chi connectivity index (χ1n) is 1.65. The molecular weight excluding hydrogens is 164 g/mol. The van der Waals surface area contributed by atoms with Crippen molar-refractivity contribution in [2.45, 2.75) is 13.3 Å². The van der Waals surface area contributed by atoms with Crippen molar-refractivity contribution in [3.63, 3.8) is 0 Å². The van der Waals surface area contributed by atoms with E-state index in [1.807, 2.05) is 0 Å². The van der Waals surface area contributed by atoms with Crippen LogP contribution in [-0.4, -0.2) is 38.6 Å². The first kappa shape index (κ1) is 48.7. The fraction of sp³-hybridized carbons (Fsp3) is 0.667. The van der Waals surface area contributed by atoms with Crippen molar-refractivity contribution in [3.8, 4) is 0 Å². The van der Waals surface area contributed by atoms with Crippen molar-refractivity contribution in [1.29, 1.82) is 0 Å². The molecule has 0 saturated heterocycles. The average molecular weight is 180 g/mol. The van der Waals surface area contributed by atoms with E-state index in [0.717, 1.165) is 0 Å². The lowest BCUT2D eigenvalue weighted by Crippen LogP contribution is -1.95. The lowest BCUT2D eigenvalue weighted by atomic mass is 10.5. The maximum atomic E-state index is 9.71. The van der Waals surface area contributed by atoms with Gasteiger partial charge in [0.25, 0.3) is 0 Å². The first-order chi connectivity index (χ1) is 2.81. The molecule has 0 atom stereocenters. The average Bonchev–Trinajstić information content (AvgIpc) is 1.65. The third-order valence-corrected chi connectivity index (χ3v) is 0.390. The number of carbonyl (C=O) groups excluding carboxylic acids is 1. The third kappa shape index (κ3) is 46.2. The molecule has 0 aliphatic carbocycles. The fourth-order valence-electron chi connectivity index (χ4n) is 0.0645. The predicted molar refractivity (Wildman–Crippen MR) is 37.1 cm³/mol. The molecule has 8 nitrogen and oxygen atoms in total. The molecule has 76 valence electrons. The van der Waals surface area contributed by atoms with Crippen molar-refractivity contribution in [3.05, 3.63) is 0 Å². The van der Waals surface area contributed by atoms with Gasteiger partial charge in [-0.2, -0.15) is 5.26 Å². The standard InChI is InChI=1S/C3H6O3.5H2O/c1-2-3(4)6-5;;;;;/h5H,2H2,1H3;5*1H2. The summed E-state index contributed by atoms with van der Waals surface area (Å²) in [4.78, 5) is 13.0. The largest absolute Gasteiger partial charge is 0.412 e. The Kier molecular flexibility index (Phi) is 155. The molecule has 0 heterocycles. The van der Waals surface area contributed by atoms with Crippen molar-refractivity contribution >= 4 is 5.97 Å². The van der Waals surface area contributed by atoms with Crippen LogP contribution < -0.4 is 0 Å². The normalized spacial score (nSPS) is 4.18. The summed E-state index contributed by atoms with van der Waals surface area (Å²) in [5.74, 6) is -0.602. The number of rotatable bonds is 1. The second-order valence-corrected chi connectivity index (χ2v) is 0.817. The third-order valence-electron chi connectivity index (χ3n) is 0.390. The molecule has 8 heteroatoms. The molecule has 0 aromatic carbocycles. The van der Waals surface area contributed by atoms with E-state index in [4.69, 9.17) is 5.26 Å². The summed E-state index contributed by atoms with van der Waals surface area (Å²) < 4.78 is 0. The number of hydrogen-bond acceptors (Lipinski definition) is 3. The van der Waals surface area contributed by atoms with E-state index in [1.54, 1.807) is 6.92 Å². The predicted octanol–water partition coefficient (Wildman–Crippen LogP) is -3.71. The molecule has 0 fully saturated rings. The summed E-state index contributed by atoms with van der Waals surface area (Å²) in [7, 11) is 0. The van der Waals surface area contributed by atoms with Crippen LogP contribution in [0.25, 0.3) is 0 Å². The molecule has 0 radical (unpaired) electrons. The molecule has 0 rings (SSSR count). The van der Waals surface area contributed by atoms with Gasteiger partial charge in [-0.05, 0) is 0 Å². The Hall–Kier alpha value is -0.770. The monoisotopic (exact) mass is 180 g/mol. The second-order valence-electron chi connectivity index (χ2n) is 0.817. The summed E-state index contributed by atoms with van der Waals surface area (Å²) in [5, 5.41) is 7.49. The molecule has 0 spiro atoms. The van der Waals surface area contributed by atoms with Gasteiger partial charge in [0.2, 0.25) is 0 Å². The zero-order chi connectivity index (χ0) is 4.99. The number of hydrogen-bond donors (Lipinski definition) is 1. The highest BCUT2D eigenvalue weighted by atomic mass is 17.1. The molecule has 11 heavy (non-hydrogen) atoms. The van der Waals surface area contributed by atoms with Gasteiger partial charge in [-0.25, -0.2) is 4.79 Å². The quantitative estimate of drug-likeness (QED) is 0.319. The maximum Gasteiger partial charge on any atom is 0.341 e. The summed E-state index contributed by atoms with van der Waals surface area (Å²) in [6.07, 6.45) is 0.219. The van der Waals surface area contributed by atoms with Gasteiger partial charge < -0.3 is 32.3 Å². The van der Waals surface area contributed by atoms with Crippen molar-refractivity contribution in [2.24, 2.45) is 0 Å². The highest BCUT2D eigenvalue weighted by Gasteiger charge is 1.90. The Labute approximate surface area is 62.9 Å². The minimum atomic E-state index is -0.602. The summed E-state index contributed by atoms with van der Waals surface area (Å²) in [5.41, 5.74) is 0. The molecule has 0 unspecified atom stereocenters. The SMILES string of the molecule is CCC(=O)OO.O.O.O.O.O.